The van der Waals surface area contributed by atoms with E-state index in [0.29, 0.717) is 24.2 Å². The van der Waals surface area contributed by atoms with Gasteiger partial charge in [0.05, 0.1) is 23.9 Å². The summed E-state index contributed by atoms with van der Waals surface area (Å²) in [5.74, 6) is -2.19. The second kappa shape index (κ2) is 9.03. The van der Waals surface area contributed by atoms with Gasteiger partial charge in [0.2, 0.25) is 0 Å². The van der Waals surface area contributed by atoms with Crippen molar-refractivity contribution in [2.45, 2.75) is 18.9 Å². The lowest BCUT2D eigenvalue weighted by molar-refractivity contribution is 0.0115. The van der Waals surface area contributed by atoms with Crippen LogP contribution in [0.25, 0.3) is 22.0 Å². The Morgan fingerprint density at radius 2 is 2.00 bits per heavy atom. The Bertz CT molecular complexity index is 1370. The van der Waals surface area contributed by atoms with Gasteiger partial charge in [-0.2, -0.15) is 5.10 Å². The summed E-state index contributed by atoms with van der Waals surface area (Å²) in [7, 11) is 3.79. The van der Waals surface area contributed by atoms with Crippen molar-refractivity contribution < 1.29 is 13.6 Å². The van der Waals surface area contributed by atoms with Crippen LogP contribution in [0.5, 0.6) is 0 Å². The summed E-state index contributed by atoms with van der Waals surface area (Å²) in [6.45, 7) is 0.548. The Morgan fingerprint density at radius 3 is 2.71 bits per heavy atom. The number of pyridine rings is 2. The van der Waals surface area contributed by atoms with E-state index in [9.17, 15) is 13.6 Å². The fourth-order valence-corrected chi connectivity index (χ4v) is 4.21. The molecule has 1 aliphatic heterocycles. The van der Waals surface area contributed by atoms with Gasteiger partial charge in [-0.1, -0.05) is 6.07 Å². The first kappa shape index (κ1) is 22.9. The van der Waals surface area contributed by atoms with Crippen LogP contribution >= 0.6 is 0 Å². The van der Waals surface area contributed by atoms with Crippen molar-refractivity contribution in [3.8, 4) is 11.1 Å². The molecule has 2 N–H and O–H groups in total. The lowest BCUT2D eigenvalue weighted by Crippen LogP contribution is -2.24. The number of aromatic amines is 1. The SMILES string of the molecule is CN(C)c1ccc(NC(=O)c2n[nH]c3ccc(-c4cncc(CN5CCC(F)(F)C5)c4)cc23)cn1. The highest BCUT2D eigenvalue weighted by molar-refractivity contribution is 6.11. The molecule has 5 rings (SSSR count). The number of rotatable bonds is 6. The highest BCUT2D eigenvalue weighted by Gasteiger charge is 2.37. The topological polar surface area (TPSA) is 90.0 Å². The molecule has 1 saturated heterocycles. The van der Waals surface area contributed by atoms with Gasteiger partial charge in [0, 0.05) is 56.9 Å². The van der Waals surface area contributed by atoms with E-state index in [2.05, 4.69) is 25.5 Å². The third-order valence-corrected chi connectivity index (χ3v) is 6.02. The third kappa shape index (κ3) is 4.97. The summed E-state index contributed by atoms with van der Waals surface area (Å²) in [5, 5.41) is 10.6. The summed E-state index contributed by atoms with van der Waals surface area (Å²) in [6, 6.07) is 11.2. The van der Waals surface area contributed by atoms with Gasteiger partial charge in [-0.25, -0.2) is 13.8 Å². The minimum Gasteiger partial charge on any atom is -0.363 e. The molecule has 8 nitrogen and oxygen atoms in total. The molecule has 180 valence electrons. The van der Waals surface area contributed by atoms with Crippen LogP contribution in [0.15, 0.2) is 55.0 Å². The molecule has 0 radical (unpaired) electrons. The summed E-state index contributed by atoms with van der Waals surface area (Å²) >= 11 is 0. The number of hydrogen-bond donors (Lipinski definition) is 2. The second-order valence-electron chi connectivity index (χ2n) is 8.98. The van der Waals surface area contributed by atoms with E-state index in [1.807, 2.05) is 49.3 Å². The van der Waals surface area contributed by atoms with Gasteiger partial charge in [0.15, 0.2) is 5.69 Å². The van der Waals surface area contributed by atoms with Crippen molar-refractivity contribution in [2.24, 2.45) is 0 Å². The van der Waals surface area contributed by atoms with Crippen molar-refractivity contribution in [2.75, 3.05) is 37.4 Å². The molecule has 1 fully saturated rings. The monoisotopic (exact) mass is 477 g/mol. The van der Waals surface area contributed by atoms with Gasteiger partial charge in [-0.05, 0) is 41.5 Å². The van der Waals surface area contributed by atoms with E-state index in [-0.39, 0.29) is 24.6 Å². The molecule has 1 aromatic carbocycles. The standard InChI is InChI=1S/C25H25F2N7O/c1-33(2)22-6-4-19(13-29-22)30-24(35)23-20-10-17(3-5-21(20)31-32-23)18-9-16(11-28-12-18)14-34-8-7-25(26,27)15-34/h3-6,9-13H,7-8,14-15H2,1-2H3,(H,30,35)(H,31,32). The number of carbonyl (C=O) groups excluding carboxylic acids is 1. The number of benzene rings is 1. The van der Waals surface area contributed by atoms with Gasteiger partial charge < -0.3 is 10.2 Å². The molecule has 3 aromatic heterocycles. The highest BCUT2D eigenvalue weighted by Crippen LogP contribution is 2.29. The number of nitrogens with one attached hydrogen (secondary N) is 2. The number of halogens is 2. The average molecular weight is 478 g/mol. The number of aromatic nitrogens is 4. The maximum atomic E-state index is 13.5. The predicted octanol–water partition coefficient (Wildman–Crippen LogP) is 4.18. The minimum absolute atomic E-state index is 0.113. The van der Waals surface area contributed by atoms with Crippen LogP contribution in [0.4, 0.5) is 20.3 Å². The predicted molar refractivity (Wildman–Crippen MR) is 131 cm³/mol. The van der Waals surface area contributed by atoms with Gasteiger partial charge >= 0.3 is 0 Å². The van der Waals surface area contributed by atoms with Crippen LogP contribution in [0.3, 0.4) is 0 Å². The first-order valence-electron chi connectivity index (χ1n) is 11.2. The summed E-state index contributed by atoms with van der Waals surface area (Å²) in [5.41, 5.74) is 4.11. The number of likely N-dealkylation sites (tertiary alicyclic amines) is 1. The first-order valence-corrected chi connectivity index (χ1v) is 11.2. The molecule has 4 aromatic rings. The van der Waals surface area contributed by atoms with E-state index in [4.69, 9.17) is 0 Å². The van der Waals surface area contributed by atoms with E-state index in [0.717, 1.165) is 28.0 Å². The maximum Gasteiger partial charge on any atom is 0.276 e. The average Bonchev–Trinajstić information content (AvgIpc) is 3.41. The molecule has 0 spiro atoms. The molecule has 1 aliphatic rings. The van der Waals surface area contributed by atoms with Gasteiger partial charge in [0.25, 0.3) is 11.8 Å². The minimum atomic E-state index is -2.63. The lowest BCUT2D eigenvalue weighted by Gasteiger charge is -2.15. The Kier molecular flexibility index (Phi) is 5.89. The van der Waals surface area contributed by atoms with Crippen molar-refractivity contribution in [3.63, 3.8) is 0 Å². The zero-order chi connectivity index (χ0) is 24.6. The van der Waals surface area contributed by atoms with E-state index < -0.39 is 5.92 Å². The molecule has 10 heteroatoms. The largest absolute Gasteiger partial charge is 0.363 e. The number of nitrogens with zero attached hydrogens (tertiary/aromatic N) is 5. The molecule has 35 heavy (non-hydrogen) atoms. The molecule has 0 saturated carbocycles. The third-order valence-electron chi connectivity index (χ3n) is 6.02. The van der Waals surface area contributed by atoms with Crippen LogP contribution in [-0.2, 0) is 6.54 Å². The summed E-state index contributed by atoms with van der Waals surface area (Å²) < 4.78 is 27.1. The fraction of sp³-hybridized carbons (Fsp3) is 0.280. The zero-order valence-electron chi connectivity index (χ0n) is 19.4. The number of hydrogen-bond acceptors (Lipinski definition) is 6. The molecule has 0 atom stereocenters. The second-order valence-corrected chi connectivity index (χ2v) is 8.98. The summed E-state index contributed by atoms with van der Waals surface area (Å²) in [6.07, 6.45) is 4.91. The first-order chi connectivity index (χ1) is 16.8. The normalized spacial score (nSPS) is 15.4. The quantitative estimate of drug-likeness (QED) is 0.433. The molecule has 0 aliphatic carbocycles. The van der Waals surface area contributed by atoms with E-state index in [1.54, 1.807) is 29.6 Å². The van der Waals surface area contributed by atoms with Crippen molar-refractivity contribution in [1.29, 1.82) is 0 Å². The number of alkyl halides is 2. The molecular weight excluding hydrogens is 452 g/mol. The summed E-state index contributed by atoms with van der Waals surface area (Å²) in [4.78, 5) is 25.2. The Morgan fingerprint density at radius 1 is 1.14 bits per heavy atom. The van der Waals surface area contributed by atoms with Crippen molar-refractivity contribution in [1.82, 2.24) is 25.1 Å². The Hall–Kier alpha value is -3.92. The number of anilines is 2. The van der Waals surface area contributed by atoms with E-state index >= 15 is 0 Å². The van der Waals surface area contributed by atoms with Crippen LogP contribution in [-0.4, -0.2) is 64.1 Å². The molecule has 0 unspecified atom stereocenters. The zero-order valence-corrected chi connectivity index (χ0v) is 19.4. The van der Waals surface area contributed by atoms with Crippen molar-refractivity contribution in [3.05, 3.63) is 66.2 Å². The molecular formula is C25H25F2N7O. The highest BCUT2D eigenvalue weighted by atomic mass is 19.3. The van der Waals surface area contributed by atoms with Crippen LogP contribution in [0, 0.1) is 0 Å². The Labute approximate surface area is 201 Å². The Balaban J connectivity index is 1.37. The fourth-order valence-electron chi connectivity index (χ4n) is 4.21. The van der Waals surface area contributed by atoms with Gasteiger partial charge in [-0.15, -0.1) is 0 Å². The maximum absolute atomic E-state index is 13.5. The number of carbonyl (C=O) groups is 1. The number of fused-ring (bicyclic) bond motifs is 1. The lowest BCUT2D eigenvalue weighted by atomic mass is 10.0. The van der Waals surface area contributed by atoms with Crippen molar-refractivity contribution >= 4 is 28.3 Å². The van der Waals surface area contributed by atoms with Gasteiger partial charge in [0.1, 0.15) is 5.82 Å². The van der Waals surface area contributed by atoms with Crippen LogP contribution in [0.2, 0.25) is 0 Å². The smallest absolute Gasteiger partial charge is 0.276 e. The van der Waals surface area contributed by atoms with Crippen LogP contribution in [0.1, 0.15) is 22.5 Å². The van der Waals surface area contributed by atoms with E-state index in [1.165, 1.54) is 0 Å². The molecule has 4 heterocycles. The number of H-pyrrole nitrogens is 1. The van der Waals surface area contributed by atoms with Gasteiger partial charge in [-0.3, -0.25) is 19.8 Å². The molecule has 1 amide bonds. The number of amides is 1. The molecule has 0 bridgehead atoms. The van der Waals surface area contributed by atoms with Crippen LogP contribution < -0.4 is 10.2 Å².